The highest BCUT2D eigenvalue weighted by molar-refractivity contribution is 6.33. The number of nitrogens with one attached hydrogen (secondary N) is 1. The second-order valence-electron chi connectivity index (χ2n) is 5.05. The molecule has 2 aromatic rings. The number of rotatable bonds is 2. The first-order chi connectivity index (χ1) is 10.6. The molecular formula is C15H14Cl2N4O. The highest BCUT2D eigenvalue weighted by Gasteiger charge is 2.23. The van der Waals surface area contributed by atoms with E-state index < -0.39 is 0 Å². The Kier molecular flexibility index (Phi) is 4.18. The maximum Gasteiger partial charge on any atom is 0.224 e. The van der Waals surface area contributed by atoms with Crippen molar-refractivity contribution in [2.75, 3.05) is 16.8 Å². The van der Waals surface area contributed by atoms with E-state index in [0.717, 1.165) is 29.8 Å². The summed E-state index contributed by atoms with van der Waals surface area (Å²) in [6.45, 7) is 2.28. The summed E-state index contributed by atoms with van der Waals surface area (Å²) in [4.78, 5) is 21.6. The van der Waals surface area contributed by atoms with Crippen LogP contribution in [0.3, 0.4) is 0 Å². The highest BCUT2D eigenvalue weighted by atomic mass is 35.5. The Balaban J connectivity index is 2.05. The molecule has 1 aromatic heterocycles. The zero-order chi connectivity index (χ0) is 15.7. The van der Waals surface area contributed by atoms with E-state index in [4.69, 9.17) is 23.2 Å². The number of aromatic nitrogens is 2. The predicted molar refractivity (Wildman–Crippen MR) is 88.1 cm³/mol. The molecule has 0 saturated carbocycles. The van der Waals surface area contributed by atoms with Crippen LogP contribution in [-0.2, 0) is 11.2 Å². The molecule has 0 radical (unpaired) electrons. The average Bonchev–Trinajstić information content (AvgIpc) is 2.50. The van der Waals surface area contributed by atoms with Gasteiger partial charge in [-0.2, -0.15) is 4.98 Å². The molecule has 0 spiro atoms. The topological polar surface area (TPSA) is 58.1 Å². The molecule has 1 aliphatic rings. The molecule has 22 heavy (non-hydrogen) atoms. The molecule has 0 bridgehead atoms. The summed E-state index contributed by atoms with van der Waals surface area (Å²) in [7, 11) is 0. The summed E-state index contributed by atoms with van der Waals surface area (Å²) in [6, 6.07) is 5.87. The van der Waals surface area contributed by atoms with Crippen molar-refractivity contribution >= 4 is 46.3 Å². The van der Waals surface area contributed by atoms with Crippen LogP contribution in [0.1, 0.15) is 18.9 Å². The molecule has 0 unspecified atom stereocenters. The molecule has 1 aliphatic heterocycles. The molecule has 7 heteroatoms. The minimum absolute atomic E-state index is 0.0158. The molecule has 1 N–H and O–H groups in total. The maximum absolute atomic E-state index is 11.9. The van der Waals surface area contributed by atoms with E-state index >= 15 is 0 Å². The number of hydrogen-bond acceptors (Lipinski definition) is 4. The Morgan fingerprint density at radius 1 is 1.36 bits per heavy atom. The summed E-state index contributed by atoms with van der Waals surface area (Å²) in [5.74, 6) is 0.436. The van der Waals surface area contributed by atoms with Crippen LogP contribution in [-0.4, -0.2) is 22.4 Å². The number of nitrogens with zero attached hydrogens (tertiary/aromatic N) is 3. The second-order valence-corrected chi connectivity index (χ2v) is 5.79. The molecule has 1 aromatic carbocycles. The molecule has 1 amide bonds. The molecular weight excluding hydrogens is 323 g/mol. The first-order valence-corrected chi connectivity index (χ1v) is 7.67. The quantitative estimate of drug-likeness (QED) is 0.847. The van der Waals surface area contributed by atoms with Gasteiger partial charge in [0.15, 0.2) is 5.82 Å². The second kappa shape index (κ2) is 6.10. The fourth-order valence-corrected chi connectivity index (χ4v) is 2.90. The fraction of sp³-hybridized carbons (Fsp3) is 0.267. The zero-order valence-electron chi connectivity index (χ0n) is 11.9. The van der Waals surface area contributed by atoms with Gasteiger partial charge < -0.3 is 10.2 Å². The first-order valence-electron chi connectivity index (χ1n) is 6.91. The number of amides is 1. The van der Waals surface area contributed by atoms with Crippen molar-refractivity contribution in [1.29, 1.82) is 0 Å². The molecule has 3 rings (SSSR count). The predicted octanol–water partition coefficient (Wildman–Crippen LogP) is 3.83. The van der Waals surface area contributed by atoms with E-state index in [-0.39, 0.29) is 11.2 Å². The Morgan fingerprint density at radius 2 is 2.18 bits per heavy atom. The number of carbonyl (C=O) groups excluding carboxylic acids is 1. The van der Waals surface area contributed by atoms with Crippen LogP contribution in [0.5, 0.6) is 0 Å². The van der Waals surface area contributed by atoms with Crippen molar-refractivity contribution in [2.24, 2.45) is 0 Å². The summed E-state index contributed by atoms with van der Waals surface area (Å²) in [5, 5.41) is 3.64. The normalized spacial score (nSPS) is 13.7. The van der Waals surface area contributed by atoms with Crippen LogP contribution in [0.2, 0.25) is 10.3 Å². The third-order valence-corrected chi connectivity index (χ3v) is 4.02. The zero-order valence-corrected chi connectivity index (χ0v) is 13.4. The van der Waals surface area contributed by atoms with Gasteiger partial charge in [0.1, 0.15) is 5.02 Å². The molecule has 0 saturated heterocycles. The van der Waals surface area contributed by atoms with Crippen LogP contribution in [0.15, 0.2) is 24.4 Å². The van der Waals surface area contributed by atoms with Gasteiger partial charge in [-0.25, -0.2) is 4.98 Å². The van der Waals surface area contributed by atoms with Gasteiger partial charge in [0.2, 0.25) is 11.2 Å². The molecule has 0 fully saturated rings. The first kappa shape index (κ1) is 15.1. The van der Waals surface area contributed by atoms with Crippen LogP contribution in [0, 0.1) is 0 Å². The average molecular weight is 337 g/mol. The van der Waals surface area contributed by atoms with E-state index in [1.807, 2.05) is 18.2 Å². The molecule has 0 atom stereocenters. The lowest BCUT2D eigenvalue weighted by atomic mass is 10.00. The van der Waals surface area contributed by atoms with E-state index in [9.17, 15) is 4.79 Å². The number of aryl methyl sites for hydroxylation is 1. The minimum Gasteiger partial charge on any atom is -0.337 e. The van der Waals surface area contributed by atoms with Gasteiger partial charge in [-0.1, -0.05) is 23.7 Å². The molecule has 5 nitrogen and oxygen atoms in total. The van der Waals surface area contributed by atoms with Gasteiger partial charge in [-0.05, 0) is 36.1 Å². The summed E-state index contributed by atoms with van der Waals surface area (Å²) in [5.41, 5.74) is 2.79. The monoisotopic (exact) mass is 336 g/mol. The third-order valence-electron chi connectivity index (χ3n) is 3.57. The van der Waals surface area contributed by atoms with Crippen molar-refractivity contribution in [2.45, 2.75) is 19.8 Å². The molecule has 114 valence electrons. The Hall–Kier alpha value is -1.85. The highest BCUT2D eigenvalue weighted by Crippen LogP contribution is 2.37. The van der Waals surface area contributed by atoms with E-state index in [1.54, 1.807) is 11.8 Å². The van der Waals surface area contributed by atoms with Crippen LogP contribution in [0.25, 0.3) is 0 Å². The van der Waals surface area contributed by atoms with Gasteiger partial charge in [0.25, 0.3) is 0 Å². The van der Waals surface area contributed by atoms with Crippen molar-refractivity contribution in [1.82, 2.24) is 9.97 Å². The van der Waals surface area contributed by atoms with Crippen LogP contribution < -0.4 is 10.2 Å². The lowest BCUT2D eigenvalue weighted by molar-refractivity contribution is -0.116. The lowest BCUT2D eigenvalue weighted by Gasteiger charge is -2.31. The van der Waals surface area contributed by atoms with Gasteiger partial charge in [-0.15, -0.1) is 0 Å². The van der Waals surface area contributed by atoms with Crippen molar-refractivity contribution in [3.8, 4) is 0 Å². The number of anilines is 3. The number of fused-ring (bicyclic) bond motifs is 1. The van der Waals surface area contributed by atoms with E-state index in [1.165, 1.54) is 6.20 Å². The number of benzene rings is 1. The SMILES string of the molecule is CC(=O)N1CCCc2cccc(Nc3nc(Cl)ncc3Cl)c21. The van der Waals surface area contributed by atoms with E-state index in [2.05, 4.69) is 15.3 Å². The lowest BCUT2D eigenvalue weighted by Crippen LogP contribution is -2.34. The van der Waals surface area contributed by atoms with Crippen molar-refractivity contribution in [3.05, 3.63) is 40.3 Å². The van der Waals surface area contributed by atoms with Crippen LogP contribution in [0.4, 0.5) is 17.2 Å². The van der Waals surface area contributed by atoms with Gasteiger partial charge in [0, 0.05) is 13.5 Å². The Morgan fingerprint density at radius 3 is 2.95 bits per heavy atom. The van der Waals surface area contributed by atoms with Crippen molar-refractivity contribution < 1.29 is 4.79 Å². The van der Waals surface area contributed by atoms with Crippen molar-refractivity contribution in [3.63, 3.8) is 0 Å². The number of halogens is 2. The van der Waals surface area contributed by atoms with Gasteiger partial charge in [0.05, 0.1) is 17.6 Å². The minimum atomic E-state index is 0.0158. The molecule has 0 aliphatic carbocycles. The van der Waals surface area contributed by atoms with Crippen LogP contribution >= 0.6 is 23.2 Å². The third kappa shape index (κ3) is 2.87. The Bertz CT molecular complexity index is 735. The van der Waals surface area contributed by atoms with E-state index in [0.29, 0.717) is 17.4 Å². The van der Waals surface area contributed by atoms with Gasteiger partial charge in [-0.3, -0.25) is 4.79 Å². The Labute approximate surface area is 138 Å². The van der Waals surface area contributed by atoms with Gasteiger partial charge >= 0.3 is 0 Å². The summed E-state index contributed by atoms with van der Waals surface area (Å²) < 4.78 is 0. The summed E-state index contributed by atoms with van der Waals surface area (Å²) >= 11 is 11.9. The largest absolute Gasteiger partial charge is 0.337 e. The smallest absolute Gasteiger partial charge is 0.224 e. The number of carbonyl (C=O) groups is 1. The standard InChI is InChI=1S/C15H14Cl2N4O/c1-9(22)21-7-3-5-10-4-2-6-12(13(10)21)19-14-11(16)8-18-15(17)20-14/h2,4,6,8H,3,5,7H2,1H3,(H,18,19,20). The number of para-hydroxylation sites is 1. The maximum atomic E-state index is 11.9. The number of hydrogen-bond donors (Lipinski definition) is 1. The summed E-state index contributed by atoms with van der Waals surface area (Å²) in [6.07, 6.45) is 3.33. The fourth-order valence-electron chi connectivity index (χ4n) is 2.63. The molecule has 2 heterocycles.